The molecule has 1 aliphatic heterocycles. The lowest BCUT2D eigenvalue weighted by Gasteiger charge is -2.22. The normalized spacial score (nSPS) is 25.5. The average molecular weight is 202 g/mol. The van der Waals surface area contributed by atoms with Crippen molar-refractivity contribution in [3.8, 4) is 0 Å². The van der Waals surface area contributed by atoms with Crippen LogP contribution in [0.3, 0.4) is 0 Å². The highest BCUT2D eigenvalue weighted by Gasteiger charge is 2.22. The first-order valence-corrected chi connectivity index (χ1v) is 6.11. The topological polar surface area (TPSA) is 26.3 Å². The molecule has 0 aliphatic carbocycles. The summed E-state index contributed by atoms with van der Waals surface area (Å²) in [6, 6.07) is 0. The van der Waals surface area contributed by atoms with E-state index in [1.807, 2.05) is 11.8 Å². The van der Waals surface area contributed by atoms with E-state index in [0.29, 0.717) is 18.1 Å². The Kier molecular flexibility index (Phi) is 4.81. The van der Waals surface area contributed by atoms with Crippen molar-refractivity contribution >= 4 is 17.5 Å². The van der Waals surface area contributed by atoms with Crippen molar-refractivity contribution in [1.29, 1.82) is 0 Å². The van der Waals surface area contributed by atoms with Crippen molar-refractivity contribution in [1.82, 2.24) is 0 Å². The molecule has 0 bridgehead atoms. The third-order valence-electron chi connectivity index (χ3n) is 2.42. The van der Waals surface area contributed by atoms with Crippen LogP contribution in [-0.4, -0.2) is 30.0 Å². The van der Waals surface area contributed by atoms with Crippen molar-refractivity contribution in [2.45, 2.75) is 32.8 Å². The molecule has 2 atom stereocenters. The molecular weight excluding hydrogens is 184 g/mol. The molecule has 1 saturated heterocycles. The fourth-order valence-corrected chi connectivity index (χ4v) is 2.17. The van der Waals surface area contributed by atoms with Crippen molar-refractivity contribution in [2.24, 2.45) is 5.92 Å². The van der Waals surface area contributed by atoms with E-state index in [0.717, 1.165) is 24.5 Å². The van der Waals surface area contributed by atoms with Crippen molar-refractivity contribution in [3.05, 3.63) is 0 Å². The molecule has 0 aromatic heterocycles. The monoisotopic (exact) mass is 202 g/mol. The van der Waals surface area contributed by atoms with Crippen LogP contribution in [0, 0.1) is 5.92 Å². The lowest BCUT2D eigenvalue weighted by atomic mass is 10.00. The highest BCUT2D eigenvalue weighted by Crippen LogP contribution is 2.17. The molecule has 0 aromatic rings. The number of ether oxygens (including phenoxy) is 1. The minimum absolute atomic E-state index is 0.118. The largest absolute Gasteiger partial charge is 0.369 e. The summed E-state index contributed by atoms with van der Waals surface area (Å²) in [6.45, 7) is 4.98. The molecule has 1 heterocycles. The van der Waals surface area contributed by atoms with Crippen LogP contribution in [0.25, 0.3) is 0 Å². The van der Waals surface area contributed by atoms with Gasteiger partial charge in [-0.05, 0) is 5.92 Å². The lowest BCUT2D eigenvalue weighted by Crippen LogP contribution is -2.32. The number of ketones is 1. The molecule has 0 saturated carbocycles. The average Bonchev–Trinajstić information content (AvgIpc) is 2.19. The lowest BCUT2D eigenvalue weighted by molar-refractivity contribution is -0.130. The van der Waals surface area contributed by atoms with Gasteiger partial charge in [0.1, 0.15) is 6.10 Å². The Morgan fingerprint density at radius 1 is 1.69 bits per heavy atom. The summed E-state index contributed by atoms with van der Waals surface area (Å²) < 4.78 is 5.41. The maximum atomic E-state index is 11.6. The van der Waals surface area contributed by atoms with Gasteiger partial charge < -0.3 is 4.74 Å². The van der Waals surface area contributed by atoms with E-state index in [-0.39, 0.29) is 6.10 Å². The van der Waals surface area contributed by atoms with E-state index in [4.69, 9.17) is 4.74 Å². The number of hydrogen-bond donors (Lipinski definition) is 0. The van der Waals surface area contributed by atoms with Crippen LogP contribution in [0.4, 0.5) is 0 Å². The Labute approximate surface area is 84.4 Å². The Balaban J connectivity index is 2.29. The predicted molar refractivity (Wildman–Crippen MR) is 56.1 cm³/mol. The van der Waals surface area contributed by atoms with E-state index in [1.54, 1.807) is 0 Å². The van der Waals surface area contributed by atoms with Gasteiger partial charge in [-0.2, -0.15) is 11.8 Å². The summed E-state index contributed by atoms with van der Waals surface area (Å²) in [4.78, 5) is 11.6. The minimum atomic E-state index is -0.118. The maximum absolute atomic E-state index is 11.6. The standard InChI is InChI=1S/C10H18O2S/c1-3-8(2)6-9(11)10-7-13-5-4-12-10/h8,10H,3-7H2,1-2H3. The fraction of sp³-hybridized carbons (Fsp3) is 0.900. The molecule has 0 aromatic carbocycles. The SMILES string of the molecule is CCC(C)CC(=O)C1CSCCO1. The molecule has 0 amide bonds. The summed E-state index contributed by atoms with van der Waals surface area (Å²) in [6.07, 6.45) is 1.64. The van der Waals surface area contributed by atoms with Gasteiger partial charge in [0.05, 0.1) is 6.61 Å². The fourth-order valence-electron chi connectivity index (χ4n) is 1.29. The Bertz CT molecular complexity index is 164. The van der Waals surface area contributed by atoms with Crippen LogP contribution in [-0.2, 0) is 9.53 Å². The highest BCUT2D eigenvalue weighted by molar-refractivity contribution is 7.99. The quantitative estimate of drug-likeness (QED) is 0.698. The molecule has 2 nitrogen and oxygen atoms in total. The summed E-state index contributed by atoms with van der Waals surface area (Å²) in [7, 11) is 0. The first-order valence-electron chi connectivity index (χ1n) is 4.96. The molecular formula is C10H18O2S. The van der Waals surface area contributed by atoms with Gasteiger partial charge >= 0.3 is 0 Å². The Morgan fingerprint density at radius 3 is 3.00 bits per heavy atom. The second-order valence-corrected chi connectivity index (χ2v) is 4.77. The third kappa shape index (κ3) is 3.69. The zero-order valence-corrected chi connectivity index (χ0v) is 9.23. The molecule has 0 spiro atoms. The number of thioether (sulfide) groups is 1. The third-order valence-corrected chi connectivity index (χ3v) is 3.42. The molecule has 76 valence electrons. The van der Waals surface area contributed by atoms with E-state index < -0.39 is 0 Å². The maximum Gasteiger partial charge on any atom is 0.162 e. The molecule has 13 heavy (non-hydrogen) atoms. The van der Waals surface area contributed by atoms with Gasteiger partial charge in [-0.1, -0.05) is 20.3 Å². The van der Waals surface area contributed by atoms with Gasteiger partial charge in [0.2, 0.25) is 0 Å². The number of Topliss-reactive ketones (excluding diaryl/α,β-unsaturated/α-hetero) is 1. The number of carbonyl (C=O) groups excluding carboxylic acids is 1. The van der Waals surface area contributed by atoms with Gasteiger partial charge in [0.15, 0.2) is 5.78 Å². The summed E-state index contributed by atoms with van der Waals surface area (Å²) in [5, 5.41) is 0. The minimum Gasteiger partial charge on any atom is -0.369 e. The molecule has 0 radical (unpaired) electrons. The van der Waals surface area contributed by atoms with E-state index in [2.05, 4.69) is 13.8 Å². The van der Waals surface area contributed by atoms with Gasteiger partial charge in [-0.15, -0.1) is 0 Å². The second kappa shape index (κ2) is 5.66. The number of rotatable bonds is 4. The van der Waals surface area contributed by atoms with Gasteiger partial charge in [0.25, 0.3) is 0 Å². The second-order valence-electron chi connectivity index (χ2n) is 3.62. The molecule has 1 aliphatic rings. The number of hydrogen-bond acceptors (Lipinski definition) is 3. The van der Waals surface area contributed by atoms with Gasteiger partial charge in [0, 0.05) is 17.9 Å². The van der Waals surface area contributed by atoms with Crippen molar-refractivity contribution < 1.29 is 9.53 Å². The molecule has 1 rings (SSSR count). The summed E-state index contributed by atoms with van der Waals surface area (Å²) in [5.74, 6) is 2.69. The van der Waals surface area contributed by atoms with Crippen LogP contribution >= 0.6 is 11.8 Å². The van der Waals surface area contributed by atoms with E-state index >= 15 is 0 Å². The highest BCUT2D eigenvalue weighted by atomic mass is 32.2. The predicted octanol–water partition coefficient (Wildman–Crippen LogP) is 2.12. The summed E-state index contributed by atoms with van der Waals surface area (Å²) in [5.41, 5.74) is 0. The Hall–Kier alpha value is -0.0200. The first kappa shape index (κ1) is 11.1. The zero-order valence-electron chi connectivity index (χ0n) is 8.41. The van der Waals surface area contributed by atoms with Crippen LogP contribution in [0.1, 0.15) is 26.7 Å². The van der Waals surface area contributed by atoms with Crippen molar-refractivity contribution in [3.63, 3.8) is 0 Å². The van der Waals surface area contributed by atoms with Crippen LogP contribution in [0.5, 0.6) is 0 Å². The van der Waals surface area contributed by atoms with Crippen LogP contribution in [0.15, 0.2) is 0 Å². The van der Waals surface area contributed by atoms with Crippen LogP contribution < -0.4 is 0 Å². The molecule has 1 fully saturated rings. The van der Waals surface area contributed by atoms with Crippen molar-refractivity contribution in [2.75, 3.05) is 18.1 Å². The zero-order chi connectivity index (χ0) is 9.68. The molecule has 2 unspecified atom stereocenters. The first-order chi connectivity index (χ1) is 6.24. The number of carbonyl (C=O) groups is 1. The van der Waals surface area contributed by atoms with E-state index in [1.165, 1.54) is 0 Å². The summed E-state index contributed by atoms with van der Waals surface area (Å²) >= 11 is 1.82. The molecule has 0 N–H and O–H groups in total. The van der Waals surface area contributed by atoms with Gasteiger partial charge in [-0.25, -0.2) is 0 Å². The molecule has 3 heteroatoms. The Morgan fingerprint density at radius 2 is 2.46 bits per heavy atom. The smallest absolute Gasteiger partial charge is 0.162 e. The van der Waals surface area contributed by atoms with Crippen LogP contribution in [0.2, 0.25) is 0 Å². The van der Waals surface area contributed by atoms with E-state index in [9.17, 15) is 4.79 Å². The van der Waals surface area contributed by atoms with Gasteiger partial charge in [-0.3, -0.25) is 4.79 Å².